The monoisotopic (exact) mass is 160 g/mol. The zero-order chi connectivity index (χ0) is 8.55. The lowest BCUT2D eigenvalue weighted by Gasteiger charge is -1.96. The van der Waals surface area contributed by atoms with E-state index in [9.17, 15) is 0 Å². The molecule has 1 aromatic heterocycles. The highest BCUT2D eigenvalue weighted by atomic mass is 16.3. The number of furan rings is 1. The van der Waals surface area contributed by atoms with Crippen molar-refractivity contribution < 1.29 is 4.42 Å². The van der Waals surface area contributed by atoms with E-state index in [1.807, 2.05) is 6.07 Å². The van der Waals surface area contributed by atoms with E-state index in [1.165, 1.54) is 16.7 Å². The molecule has 2 rings (SSSR count). The van der Waals surface area contributed by atoms with Gasteiger partial charge in [-0.15, -0.1) is 0 Å². The Hall–Kier alpha value is -1.24. The second kappa shape index (κ2) is 2.67. The summed E-state index contributed by atoms with van der Waals surface area (Å²) in [5, 5.41) is 0. The van der Waals surface area contributed by atoms with Crippen LogP contribution in [0.5, 0.6) is 0 Å². The van der Waals surface area contributed by atoms with E-state index in [1.54, 1.807) is 6.26 Å². The number of rotatable bonds is 0. The molecule has 0 spiro atoms. The summed E-state index contributed by atoms with van der Waals surface area (Å²) >= 11 is 0. The maximum Gasteiger partial charge on any atom is 0.133 e. The van der Waals surface area contributed by atoms with Crippen molar-refractivity contribution in [3.63, 3.8) is 0 Å². The van der Waals surface area contributed by atoms with Crippen molar-refractivity contribution in [2.75, 3.05) is 0 Å². The lowest BCUT2D eigenvalue weighted by molar-refractivity contribution is 0.556. The van der Waals surface area contributed by atoms with Crippen LogP contribution in [0.2, 0.25) is 0 Å². The molecule has 0 saturated heterocycles. The Labute approximate surface area is 72.4 Å². The summed E-state index contributed by atoms with van der Waals surface area (Å²) in [6.45, 7) is 4.29. The molecule has 0 radical (unpaired) electrons. The molecule has 1 nitrogen and oxygen atoms in total. The third-order valence-corrected chi connectivity index (χ3v) is 2.06. The molecule has 0 fully saturated rings. The Morgan fingerprint density at radius 3 is 2.75 bits per heavy atom. The van der Waals surface area contributed by atoms with Gasteiger partial charge in [0.15, 0.2) is 0 Å². The molecule has 1 heteroatoms. The molecular formula is C11H12O. The molecule has 0 aliphatic heterocycles. The number of fused-ring (bicyclic) bond motifs is 1. The van der Waals surface area contributed by atoms with Crippen LogP contribution in [0.4, 0.5) is 0 Å². The molecule has 0 atom stereocenters. The fraction of sp³-hybridized carbons (Fsp3) is 0.273. The zero-order valence-electron chi connectivity index (χ0n) is 7.42. The second-order valence-electron chi connectivity index (χ2n) is 3.40. The molecule has 62 valence electrons. The third kappa shape index (κ3) is 1.22. The van der Waals surface area contributed by atoms with E-state index < -0.39 is 0 Å². The molecule has 1 aromatic rings. The highest BCUT2D eigenvalue weighted by Gasteiger charge is 2.06. The molecule has 1 heterocycles. The highest BCUT2D eigenvalue weighted by Crippen LogP contribution is 2.25. The summed E-state index contributed by atoms with van der Waals surface area (Å²) in [7, 11) is 0. The van der Waals surface area contributed by atoms with Crippen LogP contribution in [-0.4, -0.2) is 0 Å². The van der Waals surface area contributed by atoms with Crippen LogP contribution in [0.3, 0.4) is 0 Å². The van der Waals surface area contributed by atoms with E-state index in [-0.39, 0.29) is 0 Å². The summed E-state index contributed by atoms with van der Waals surface area (Å²) in [5.41, 5.74) is 3.95. The van der Waals surface area contributed by atoms with E-state index in [0.717, 1.165) is 12.2 Å². The first kappa shape index (κ1) is 7.41. The highest BCUT2D eigenvalue weighted by molar-refractivity contribution is 5.67. The topological polar surface area (TPSA) is 13.1 Å². The molecule has 0 unspecified atom stereocenters. The first-order valence-electron chi connectivity index (χ1n) is 4.17. The largest absolute Gasteiger partial charge is 0.464 e. The number of allylic oxidation sites excluding steroid dienone is 2. The molecule has 1 aliphatic carbocycles. The maximum absolute atomic E-state index is 5.33. The fourth-order valence-corrected chi connectivity index (χ4v) is 1.60. The Balaban J connectivity index is 2.56. The SMILES string of the molecule is CC1=Cc2ccoc2C=C(C)C1. The van der Waals surface area contributed by atoms with E-state index in [4.69, 9.17) is 4.42 Å². The van der Waals surface area contributed by atoms with Crippen LogP contribution in [0.1, 0.15) is 31.6 Å². The first-order chi connectivity index (χ1) is 5.75. The molecule has 12 heavy (non-hydrogen) atoms. The molecule has 0 aromatic carbocycles. The van der Waals surface area contributed by atoms with Gasteiger partial charge in [0.1, 0.15) is 5.76 Å². The number of hydrogen-bond donors (Lipinski definition) is 0. The van der Waals surface area contributed by atoms with Crippen molar-refractivity contribution in [1.29, 1.82) is 0 Å². The van der Waals surface area contributed by atoms with Crippen LogP contribution in [0.15, 0.2) is 27.9 Å². The van der Waals surface area contributed by atoms with Crippen molar-refractivity contribution >= 4 is 12.2 Å². The zero-order valence-corrected chi connectivity index (χ0v) is 7.42. The van der Waals surface area contributed by atoms with Crippen LogP contribution < -0.4 is 0 Å². The quantitative estimate of drug-likeness (QED) is 0.566. The molecule has 1 aliphatic rings. The summed E-state index contributed by atoms with van der Waals surface area (Å²) in [6, 6.07) is 2.01. The molecule has 0 amide bonds. The Morgan fingerprint density at radius 2 is 1.92 bits per heavy atom. The minimum Gasteiger partial charge on any atom is -0.464 e. The Bertz CT molecular complexity index is 320. The standard InChI is InChI=1S/C11H12O/c1-8-5-9(2)7-11-10(6-8)3-4-12-11/h3-4,6-7H,5H2,1-2H3. The van der Waals surface area contributed by atoms with Gasteiger partial charge in [-0.05, 0) is 32.4 Å². The average Bonchev–Trinajstić information content (AvgIpc) is 2.31. The van der Waals surface area contributed by atoms with Crippen molar-refractivity contribution in [3.05, 3.63) is 34.8 Å². The predicted octanol–water partition coefficient (Wildman–Crippen LogP) is 3.49. The fourth-order valence-electron chi connectivity index (χ4n) is 1.60. The van der Waals surface area contributed by atoms with E-state index in [2.05, 4.69) is 26.0 Å². The summed E-state index contributed by atoms with van der Waals surface area (Å²) in [6.07, 6.45) is 7.10. The minimum absolute atomic E-state index is 0.990. The van der Waals surface area contributed by atoms with Crippen LogP contribution in [-0.2, 0) is 0 Å². The van der Waals surface area contributed by atoms with Gasteiger partial charge in [0.05, 0.1) is 6.26 Å². The van der Waals surface area contributed by atoms with Crippen molar-refractivity contribution in [3.8, 4) is 0 Å². The summed E-state index contributed by atoms with van der Waals surface area (Å²) < 4.78 is 5.33. The molecule has 0 bridgehead atoms. The Kier molecular flexibility index (Phi) is 1.65. The minimum atomic E-state index is 0.990. The van der Waals surface area contributed by atoms with Gasteiger partial charge >= 0.3 is 0 Å². The van der Waals surface area contributed by atoms with Gasteiger partial charge in [-0.2, -0.15) is 0 Å². The number of hydrogen-bond acceptors (Lipinski definition) is 1. The first-order valence-corrected chi connectivity index (χ1v) is 4.17. The van der Waals surface area contributed by atoms with Gasteiger partial charge in [0, 0.05) is 5.56 Å². The van der Waals surface area contributed by atoms with Gasteiger partial charge in [0.25, 0.3) is 0 Å². The van der Waals surface area contributed by atoms with Gasteiger partial charge < -0.3 is 4.42 Å². The normalized spacial score (nSPS) is 16.2. The van der Waals surface area contributed by atoms with Crippen LogP contribution in [0, 0.1) is 0 Å². The smallest absolute Gasteiger partial charge is 0.133 e. The van der Waals surface area contributed by atoms with Crippen molar-refractivity contribution in [2.45, 2.75) is 20.3 Å². The van der Waals surface area contributed by atoms with E-state index in [0.29, 0.717) is 0 Å². The van der Waals surface area contributed by atoms with Crippen LogP contribution in [0.25, 0.3) is 12.2 Å². The summed E-state index contributed by atoms with van der Waals surface area (Å²) in [5.74, 6) is 0.990. The predicted molar refractivity (Wildman–Crippen MR) is 50.6 cm³/mol. The van der Waals surface area contributed by atoms with Crippen molar-refractivity contribution in [2.24, 2.45) is 0 Å². The average molecular weight is 160 g/mol. The van der Waals surface area contributed by atoms with Gasteiger partial charge in [0.2, 0.25) is 0 Å². The van der Waals surface area contributed by atoms with Gasteiger partial charge in [-0.25, -0.2) is 0 Å². The van der Waals surface area contributed by atoms with Crippen molar-refractivity contribution in [1.82, 2.24) is 0 Å². The molecular weight excluding hydrogens is 148 g/mol. The molecule has 0 N–H and O–H groups in total. The van der Waals surface area contributed by atoms with Gasteiger partial charge in [-0.1, -0.05) is 17.2 Å². The van der Waals surface area contributed by atoms with E-state index >= 15 is 0 Å². The third-order valence-electron chi connectivity index (χ3n) is 2.06. The lowest BCUT2D eigenvalue weighted by atomic mass is 10.1. The van der Waals surface area contributed by atoms with Crippen LogP contribution >= 0.6 is 0 Å². The van der Waals surface area contributed by atoms with Gasteiger partial charge in [-0.3, -0.25) is 0 Å². The maximum atomic E-state index is 5.33. The summed E-state index contributed by atoms with van der Waals surface area (Å²) in [4.78, 5) is 0. The molecule has 0 saturated carbocycles. The Morgan fingerprint density at radius 1 is 1.17 bits per heavy atom. The lowest BCUT2D eigenvalue weighted by Crippen LogP contribution is -1.75. The second-order valence-corrected chi connectivity index (χ2v) is 3.40.